The van der Waals surface area contributed by atoms with Gasteiger partial charge in [-0.25, -0.2) is 19.0 Å². The fourth-order valence-electron chi connectivity index (χ4n) is 5.29. The molecule has 1 atom stereocenters. The van der Waals surface area contributed by atoms with E-state index in [1.807, 2.05) is 27.7 Å². The van der Waals surface area contributed by atoms with Gasteiger partial charge in [0.2, 0.25) is 0 Å². The second-order valence-electron chi connectivity index (χ2n) is 12.9. The van der Waals surface area contributed by atoms with Crippen molar-refractivity contribution in [3.05, 3.63) is 60.3 Å². The maximum atomic E-state index is 14.0. The average Bonchev–Trinajstić information content (AvgIpc) is 3.43. The number of hydrogen-bond acceptors (Lipinski definition) is 8. The predicted molar refractivity (Wildman–Crippen MR) is 174 cm³/mol. The molecule has 1 saturated heterocycles. The predicted octanol–water partition coefficient (Wildman–Crippen LogP) is 7.22. The van der Waals surface area contributed by atoms with E-state index in [-0.39, 0.29) is 12.1 Å². The molecule has 3 aromatic rings. The summed E-state index contributed by atoms with van der Waals surface area (Å²) in [4.78, 5) is 30.1. The number of carbonyl (C=O) groups is 2. The Hall–Kier alpha value is -4.72. The molecule has 1 aromatic carbocycles. The number of allylic oxidation sites excluding steroid dienone is 1. The minimum atomic E-state index is -0.788. The maximum absolute atomic E-state index is 14.0. The lowest BCUT2D eigenvalue weighted by Gasteiger charge is -2.36. The first-order valence-electron chi connectivity index (χ1n) is 15.3. The van der Waals surface area contributed by atoms with Crippen molar-refractivity contribution >= 4 is 34.9 Å². The Bertz CT molecular complexity index is 1580. The van der Waals surface area contributed by atoms with Crippen molar-refractivity contribution in [2.75, 3.05) is 29.9 Å². The highest BCUT2D eigenvalue weighted by molar-refractivity contribution is 5.98. The Morgan fingerprint density at radius 2 is 1.82 bits per heavy atom. The van der Waals surface area contributed by atoms with Gasteiger partial charge in [0.05, 0.1) is 29.7 Å². The molecule has 1 fully saturated rings. The minimum absolute atomic E-state index is 0.180. The maximum Gasteiger partial charge on any atom is 0.420 e. The molecule has 2 amide bonds. The van der Waals surface area contributed by atoms with Crippen LogP contribution in [0.5, 0.6) is 5.75 Å². The summed E-state index contributed by atoms with van der Waals surface area (Å²) >= 11 is 0. The Morgan fingerprint density at radius 1 is 1.13 bits per heavy atom. The normalized spacial score (nSPS) is 15.2. The third-order valence-corrected chi connectivity index (χ3v) is 7.00. The number of benzene rings is 1. The summed E-state index contributed by atoms with van der Waals surface area (Å²) in [6.07, 6.45) is 4.16. The lowest BCUT2D eigenvalue weighted by molar-refractivity contribution is 0.0206. The van der Waals surface area contributed by atoms with E-state index < -0.39 is 17.3 Å². The van der Waals surface area contributed by atoms with Crippen LogP contribution in [0.25, 0.3) is 5.52 Å². The highest BCUT2D eigenvalue weighted by Crippen LogP contribution is 2.40. The summed E-state index contributed by atoms with van der Waals surface area (Å²) in [7, 11) is 0. The number of pyridine rings is 1. The summed E-state index contributed by atoms with van der Waals surface area (Å²) < 4.78 is 18.8. The Balaban J connectivity index is 1.88. The van der Waals surface area contributed by atoms with Crippen molar-refractivity contribution < 1.29 is 23.8 Å². The van der Waals surface area contributed by atoms with E-state index in [1.54, 1.807) is 72.8 Å². The zero-order chi connectivity index (χ0) is 32.9. The molecule has 240 valence electrons. The lowest BCUT2D eigenvalue weighted by Crippen LogP contribution is -2.47. The molecule has 11 nitrogen and oxygen atoms in total. The van der Waals surface area contributed by atoms with E-state index in [1.165, 1.54) is 4.90 Å². The molecule has 4 rings (SSSR count). The molecule has 11 heteroatoms. The summed E-state index contributed by atoms with van der Waals surface area (Å²) in [5, 5.41) is 18.6. The molecular formula is C34H44N6O5. The molecular weight excluding hydrogens is 572 g/mol. The smallest absolute Gasteiger partial charge is 0.420 e. The SMILES string of the molecule is C=CCc1c(N[C@H]2CCCN(C(=O)OC(C)(C)C)C2)c(C#N)c2ccnn2c1N(C(=O)OC(C)(C)C)c1ccc(OCC)cc1. The number of piperidine rings is 1. The number of aromatic nitrogens is 2. The molecule has 45 heavy (non-hydrogen) atoms. The second-order valence-corrected chi connectivity index (χ2v) is 12.9. The first kappa shape index (κ1) is 33.2. The summed E-state index contributed by atoms with van der Waals surface area (Å²) in [5.74, 6) is 1.07. The van der Waals surface area contributed by atoms with Gasteiger partial charge in [-0.15, -0.1) is 6.58 Å². The molecule has 1 N–H and O–H groups in total. The van der Waals surface area contributed by atoms with Gasteiger partial charge < -0.3 is 24.4 Å². The van der Waals surface area contributed by atoms with E-state index in [4.69, 9.17) is 14.2 Å². The van der Waals surface area contributed by atoms with Crippen LogP contribution in [0.2, 0.25) is 0 Å². The van der Waals surface area contributed by atoms with E-state index in [0.29, 0.717) is 65.7 Å². The van der Waals surface area contributed by atoms with Crippen molar-refractivity contribution in [3.8, 4) is 11.8 Å². The fourth-order valence-corrected chi connectivity index (χ4v) is 5.29. The van der Waals surface area contributed by atoms with Crippen LogP contribution in [0.4, 0.5) is 26.8 Å². The third kappa shape index (κ3) is 7.87. The Morgan fingerprint density at radius 3 is 2.42 bits per heavy atom. The zero-order valence-corrected chi connectivity index (χ0v) is 27.3. The molecule has 2 aromatic heterocycles. The van der Waals surface area contributed by atoms with Gasteiger partial charge in [-0.1, -0.05) is 6.08 Å². The van der Waals surface area contributed by atoms with Crippen LogP contribution < -0.4 is 15.0 Å². The van der Waals surface area contributed by atoms with Crippen LogP contribution in [0, 0.1) is 11.3 Å². The Labute approximate surface area is 265 Å². The monoisotopic (exact) mass is 616 g/mol. The number of anilines is 3. The number of likely N-dealkylation sites (tertiary alicyclic amines) is 1. The number of nitriles is 1. The quantitative estimate of drug-likeness (QED) is 0.263. The number of carbonyl (C=O) groups excluding carboxylic acids is 2. The van der Waals surface area contributed by atoms with Gasteiger partial charge in [0.25, 0.3) is 0 Å². The minimum Gasteiger partial charge on any atom is -0.494 e. The summed E-state index contributed by atoms with van der Waals surface area (Å²) in [6.45, 7) is 18.3. The summed E-state index contributed by atoms with van der Waals surface area (Å²) in [5.41, 5.74) is 1.20. The molecule has 1 aliphatic heterocycles. The summed E-state index contributed by atoms with van der Waals surface area (Å²) in [6, 6.07) is 11.1. The van der Waals surface area contributed by atoms with Crippen LogP contribution in [-0.4, -0.2) is 63.6 Å². The third-order valence-electron chi connectivity index (χ3n) is 7.00. The van der Waals surface area contributed by atoms with Gasteiger partial charge in [0, 0.05) is 24.7 Å². The molecule has 0 spiro atoms. The standard InChI is InChI=1S/C34H44N6O5/c1-9-12-26-29(37-23-13-11-20-38(22-23)31(41)44-33(3,4)5)27(21-35)28-18-19-36-40(28)30(26)39(32(42)45-34(6,7)8)24-14-16-25(17-15-24)43-10-2/h9,14-19,23,37H,1,10-13,20,22H2,2-8H3/t23-/m0/s1. The zero-order valence-electron chi connectivity index (χ0n) is 27.3. The van der Waals surface area contributed by atoms with E-state index in [0.717, 1.165) is 12.8 Å². The number of hydrogen-bond donors (Lipinski definition) is 1. The van der Waals surface area contributed by atoms with Crippen molar-refractivity contribution in [3.63, 3.8) is 0 Å². The lowest BCUT2D eigenvalue weighted by atomic mass is 10.0. The molecule has 0 aliphatic carbocycles. The van der Waals surface area contributed by atoms with Gasteiger partial charge in [0.1, 0.15) is 28.6 Å². The van der Waals surface area contributed by atoms with E-state index in [2.05, 4.69) is 23.1 Å². The van der Waals surface area contributed by atoms with Gasteiger partial charge in [-0.05, 0) is 98.1 Å². The molecule has 0 unspecified atom stereocenters. The van der Waals surface area contributed by atoms with Crippen molar-refractivity contribution in [2.45, 2.75) is 85.0 Å². The van der Waals surface area contributed by atoms with Gasteiger partial charge in [-0.2, -0.15) is 10.4 Å². The van der Waals surface area contributed by atoms with Crippen LogP contribution >= 0.6 is 0 Å². The van der Waals surface area contributed by atoms with Crippen molar-refractivity contribution in [1.29, 1.82) is 5.26 Å². The molecule has 0 radical (unpaired) electrons. The van der Waals surface area contributed by atoms with Crippen LogP contribution in [0.3, 0.4) is 0 Å². The van der Waals surface area contributed by atoms with E-state index >= 15 is 0 Å². The number of nitrogens with zero attached hydrogens (tertiary/aromatic N) is 5. The number of rotatable bonds is 8. The largest absolute Gasteiger partial charge is 0.494 e. The van der Waals surface area contributed by atoms with Gasteiger partial charge in [-0.3, -0.25) is 0 Å². The molecule has 0 bridgehead atoms. The molecule has 1 aliphatic rings. The second kappa shape index (κ2) is 13.5. The highest BCUT2D eigenvalue weighted by atomic mass is 16.6. The first-order chi connectivity index (χ1) is 21.3. The number of fused-ring (bicyclic) bond motifs is 1. The fraction of sp³-hybridized carbons (Fsp3) is 0.471. The molecule has 0 saturated carbocycles. The molecule has 3 heterocycles. The van der Waals surface area contributed by atoms with Crippen molar-refractivity contribution in [2.24, 2.45) is 0 Å². The highest BCUT2D eigenvalue weighted by Gasteiger charge is 2.34. The number of ether oxygens (including phenoxy) is 3. The average molecular weight is 617 g/mol. The number of amides is 2. The van der Waals surface area contributed by atoms with E-state index in [9.17, 15) is 14.9 Å². The van der Waals surface area contributed by atoms with Gasteiger partial charge >= 0.3 is 12.2 Å². The van der Waals surface area contributed by atoms with Gasteiger partial charge in [0.15, 0.2) is 5.82 Å². The Kier molecular flexibility index (Phi) is 9.96. The van der Waals surface area contributed by atoms with Crippen LogP contribution in [0.1, 0.15) is 72.4 Å². The first-order valence-corrected chi connectivity index (χ1v) is 15.3. The van der Waals surface area contributed by atoms with Crippen LogP contribution in [-0.2, 0) is 15.9 Å². The topological polar surface area (TPSA) is 121 Å². The van der Waals surface area contributed by atoms with Crippen LogP contribution in [0.15, 0.2) is 49.2 Å². The number of nitrogens with one attached hydrogen (secondary N) is 1. The van der Waals surface area contributed by atoms with Crippen molar-refractivity contribution in [1.82, 2.24) is 14.5 Å².